The van der Waals surface area contributed by atoms with Gasteiger partial charge in [-0.1, -0.05) is 30.7 Å². The lowest BCUT2D eigenvalue weighted by Crippen LogP contribution is -2.52. The van der Waals surface area contributed by atoms with Gasteiger partial charge in [0.2, 0.25) is 11.8 Å². The Labute approximate surface area is 312 Å². The second-order valence-electron chi connectivity index (χ2n) is 15.9. The molecule has 0 spiro atoms. The lowest BCUT2D eigenvalue weighted by molar-refractivity contribution is -0.127. The number of nitrogens with zero attached hydrogens (tertiary/aromatic N) is 2. The van der Waals surface area contributed by atoms with Gasteiger partial charge in [-0.25, -0.2) is 19.0 Å². The summed E-state index contributed by atoms with van der Waals surface area (Å²) < 4.78 is 21.0. The number of H-pyrrole nitrogens is 3. The normalized spacial score (nSPS) is 18.3. The van der Waals surface area contributed by atoms with Crippen LogP contribution in [0.25, 0.3) is 33.2 Å². The van der Waals surface area contributed by atoms with Gasteiger partial charge in [-0.05, 0) is 119 Å². The minimum Gasteiger partial charge on any atom is -0.444 e. The smallest absolute Gasteiger partial charge is 0.407 e. The number of hydrogen-bond acceptors (Lipinski definition) is 6. The zero-order valence-electron chi connectivity index (χ0n) is 31.2. The number of halogens is 1. The maximum absolute atomic E-state index is 15.6. The molecule has 0 bridgehead atoms. The summed E-state index contributed by atoms with van der Waals surface area (Å²) in [6, 6.07) is 13.5. The number of fused-ring (bicyclic) bond motifs is 2. The van der Waals surface area contributed by atoms with Gasteiger partial charge < -0.3 is 30.7 Å². The summed E-state index contributed by atoms with van der Waals surface area (Å²) >= 11 is 0. The van der Waals surface area contributed by atoms with Crippen molar-refractivity contribution >= 4 is 45.7 Å². The molecule has 0 unspecified atom stereocenters. The van der Waals surface area contributed by atoms with E-state index < -0.39 is 23.6 Å². The third kappa shape index (κ3) is 7.76. The van der Waals surface area contributed by atoms with Crippen LogP contribution < -0.4 is 21.6 Å². The molecule has 0 aliphatic heterocycles. The number of benzene rings is 3. The standard InChI is InChI=1S/C41H48FN7O5/c1-22-29(20-32-35(34(22)42)48-37(45-32)26-6-5-7-26)25-12-8-23(9-13-25)18-33(36(43)50)49(28-16-17-30-31(19-28)47-39(52)46-30)38(51)27-14-10-24(11-15-27)21-44-40(53)54-41(2,3)4/h8-9,12-13,16-17,19-20,24,26-27,33H,5-7,10-11,14-15,18,21H2,1-4H3,(H2,43,50)(H,44,53)(H,45,48)(H2,46,47,52)/t24-,27-,33-/m0/s1. The van der Waals surface area contributed by atoms with Crippen LogP contribution in [0.4, 0.5) is 14.9 Å². The number of amides is 3. The van der Waals surface area contributed by atoms with Gasteiger partial charge in [0.15, 0.2) is 5.82 Å². The predicted molar refractivity (Wildman–Crippen MR) is 206 cm³/mol. The minimum atomic E-state index is -1.04. The van der Waals surface area contributed by atoms with E-state index in [4.69, 9.17) is 15.5 Å². The largest absolute Gasteiger partial charge is 0.444 e. The van der Waals surface area contributed by atoms with E-state index in [-0.39, 0.29) is 35.7 Å². The van der Waals surface area contributed by atoms with Crippen molar-refractivity contribution < 1.29 is 23.5 Å². The first-order valence-corrected chi connectivity index (χ1v) is 18.8. The molecule has 2 heterocycles. The number of anilines is 1. The highest BCUT2D eigenvalue weighted by Gasteiger charge is 2.36. The van der Waals surface area contributed by atoms with Crippen LogP contribution in [0.3, 0.4) is 0 Å². The molecule has 12 nitrogen and oxygen atoms in total. The van der Waals surface area contributed by atoms with Crippen molar-refractivity contribution in [3.05, 3.63) is 81.8 Å². The number of nitrogens with one attached hydrogen (secondary N) is 4. The molecule has 0 saturated heterocycles. The Hall–Kier alpha value is -5.46. The molecule has 2 aromatic heterocycles. The maximum atomic E-state index is 15.6. The molecule has 2 saturated carbocycles. The molecule has 2 aliphatic rings. The Morgan fingerprint density at radius 3 is 2.33 bits per heavy atom. The molecule has 0 radical (unpaired) electrons. The fourth-order valence-electron chi connectivity index (χ4n) is 7.75. The average Bonchev–Trinajstić information content (AvgIpc) is 3.69. The van der Waals surface area contributed by atoms with E-state index in [9.17, 15) is 19.2 Å². The summed E-state index contributed by atoms with van der Waals surface area (Å²) in [5, 5.41) is 2.85. The number of aromatic amines is 3. The van der Waals surface area contributed by atoms with Crippen LogP contribution in [0.2, 0.25) is 0 Å². The summed E-state index contributed by atoms with van der Waals surface area (Å²) in [5.41, 5.74) is 10.4. The number of aromatic nitrogens is 4. The lowest BCUT2D eigenvalue weighted by Gasteiger charge is -2.36. The van der Waals surface area contributed by atoms with Crippen LogP contribution in [-0.4, -0.2) is 56.0 Å². The fourth-order valence-corrected chi connectivity index (χ4v) is 7.75. The van der Waals surface area contributed by atoms with E-state index in [0.717, 1.165) is 41.8 Å². The van der Waals surface area contributed by atoms with Crippen LogP contribution in [0.1, 0.15) is 88.6 Å². The number of rotatable bonds is 10. The summed E-state index contributed by atoms with van der Waals surface area (Å²) in [6.45, 7) is 7.64. The number of imidazole rings is 2. The Bertz CT molecular complexity index is 2260. The predicted octanol–water partition coefficient (Wildman–Crippen LogP) is 6.88. The zero-order chi connectivity index (χ0) is 38.3. The van der Waals surface area contributed by atoms with Crippen LogP contribution >= 0.6 is 0 Å². The van der Waals surface area contributed by atoms with Gasteiger partial charge in [-0.2, -0.15) is 0 Å². The zero-order valence-corrected chi connectivity index (χ0v) is 31.2. The van der Waals surface area contributed by atoms with Crippen molar-refractivity contribution in [2.45, 2.75) is 96.6 Å². The highest BCUT2D eigenvalue weighted by molar-refractivity contribution is 6.02. The highest BCUT2D eigenvalue weighted by atomic mass is 19.1. The Balaban J connectivity index is 1.12. The van der Waals surface area contributed by atoms with Crippen LogP contribution in [0.15, 0.2) is 53.3 Å². The number of carbonyl (C=O) groups excluding carboxylic acids is 3. The third-order valence-electron chi connectivity index (χ3n) is 11.0. The van der Waals surface area contributed by atoms with E-state index in [1.165, 1.54) is 4.90 Å². The molecular formula is C41H48FN7O5. The number of nitrogens with two attached hydrogens (primary N) is 1. The average molecular weight is 738 g/mol. The van der Waals surface area contributed by atoms with Gasteiger partial charge >= 0.3 is 11.8 Å². The molecule has 54 heavy (non-hydrogen) atoms. The molecule has 5 aromatic rings. The third-order valence-corrected chi connectivity index (χ3v) is 11.0. The molecule has 13 heteroatoms. The van der Waals surface area contributed by atoms with Gasteiger partial charge in [0.1, 0.15) is 23.0 Å². The molecule has 3 aromatic carbocycles. The van der Waals surface area contributed by atoms with Crippen molar-refractivity contribution in [3.63, 3.8) is 0 Å². The van der Waals surface area contributed by atoms with Crippen LogP contribution in [0.5, 0.6) is 0 Å². The van der Waals surface area contributed by atoms with Crippen molar-refractivity contribution in [2.24, 2.45) is 17.6 Å². The van der Waals surface area contributed by atoms with E-state index in [0.29, 0.717) is 71.5 Å². The van der Waals surface area contributed by atoms with Crippen molar-refractivity contribution in [1.82, 2.24) is 25.3 Å². The molecule has 1 atom stereocenters. The molecule has 2 aliphatic carbocycles. The molecule has 6 N–H and O–H groups in total. The SMILES string of the molecule is Cc1c(-c2ccc(C[C@@H](C(N)=O)N(c3ccc4[nH]c(=O)[nH]c4c3)C(=O)[C@H]3CC[C@H](CNC(=O)OC(C)(C)C)CC3)cc2)cc2nc(C3CCC3)[nH]c2c1F. The van der Waals surface area contributed by atoms with Crippen molar-refractivity contribution in [1.29, 1.82) is 0 Å². The minimum absolute atomic E-state index is 0.134. The second kappa shape index (κ2) is 14.8. The number of hydrogen-bond donors (Lipinski definition) is 5. The van der Waals surface area contributed by atoms with E-state index in [2.05, 4.69) is 20.3 Å². The Morgan fingerprint density at radius 2 is 1.69 bits per heavy atom. The van der Waals surface area contributed by atoms with Gasteiger partial charge in [0, 0.05) is 30.5 Å². The molecule has 3 amide bonds. The lowest BCUT2D eigenvalue weighted by atomic mass is 9.81. The number of alkyl carbamates (subject to hydrolysis) is 1. The highest BCUT2D eigenvalue weighted by Crippen LogP contribution is 2.38. The number of primary amides is 1. The fraction of sp³-hybridized carbons (Fsp3) is 0.439. The van der Waals surface area contributed by atoms with Crippen molar-refractivity contribution in [3.8, 4) is 11.1 Å². The first-order valence-electron chi connectivity index (χ1n) is 18.8. The molecule has 7 rings (SSSR count). The Kier molecular flexibility index (Phi) is 10.1. The molecule has 2 fully saturated rings. The van der Waals surface area contributed by atoms with E-state index in [1.807, 2.05) is 51.1 Å². The van der Waals surface area contributed by atoms with Crippen LogP contribution in [-0.2, 0) is 20.7 Å². The molecular weight excluding hydrogens is 689 g/mol. The van der Waals surface area contributed by atoms with Gasteiger partial charge in [-0.3, -0.25) is 14.5 Å². The maximum Gasteiger partial charge on any atom is 0.407 e. The molecule has 284 valence electrons. The van der Waals surface area contributed by atoms with Gasteiger partial charge in [0.05, 0.1) is 16.6 Å². The van der Waals surface area contributed by atoms with Crippen molar-refractivity contribution in [2.75, 3.05) is 11.4 Å². The first kappa shape index (κ1) is 36.9. The Morgan fingerprint density at radius 1 is 0.981 bits per heavy atom. The van der Waals surface area contributed by atoms with E-state index in [1.54, 1.807) is 25.1 Å². The topological polar surface area (TPSA) is 179 Å². The van der Waals surface area contributed by atoms with Gasteiger partial charge in [0.25, 0.3) is 0 Å². The summed E-state index contributed by atoms with van der Waals surface area (Å²) in [7, 11) is 0. The summed E-state index contributed by atoms with van der Waals surface area (Å²) in [5.74, 6) is -0.240. The van der Waals surface area contributed by atoms with E-state index >= 15 is 4.39 Å². The second-order valence-corrected chi connectivity index (χ2v) is 15.9. The quantitative estimate of drug-likeness (QED) is 0.104. The van der Waals surface area contributed by atoms with Crippen LogP contribution in [0, 0.1) is 24.6 Å². The number of carbonyl (C=O) groups is 3. The summed E-state index contributed by atoms with van der Waals surface area (Å²) in [6.07, 6.45) is 5.48. The first-order chi connectivity index (χ1) is 25.7. The number of ether oxygens (including phenoxy) is 1. The monoisotopic (exact) mass is 737 g/mol. The van der Waals surface area contributed by atoms with Gasteiger partial charge in [-0.15, -0.1) is 0 Å². The summed E-state index contributed by atoms with van der Waals surface area (Å²) in [4.78, 5) is 67.0.